The van der Waals surface area contributed by atoms with E-state index in [0.717, 1.165) is 23.1 Å². The second-order valence-corrected chi connectivity index (χ2v) is 9.12. The second-order valence-electron chi connectivity index (χ2n) is 7.83. The van der Waals surface area contributed by atoms with Gasteiger partial charge < -0.3 is 10.6 Å². The molecule has 4 aromatic rings. The van der Waals surface area contributed by atoms with Crippen LogP contribution in [0.15, 0.2) is 54.9 Å². The highest BCUT2D eigenvalue weighted by Gasteiger charge is 2.14. The standard InChI is InChI=1S/C26H23N5O2S.C2H6/c1-3-19-9-17(12-27)4-7-21(19)14-29-26(33)23-11-22(30-15-31-23)25(32)28-13-18-5-6-20-8-16(2)34-24(20)10-18;1-2/h4-11,15H,3,13-14H2,1-2H3,(H,28,32)(H,29,33);1-2H3. The largest absolute Gasteiger partial charge is 0.347 e. The number of carbonyl (C=O) groups excluding carboxylic acids is 2. The van der Waals surface area contributed by atoms with Crippen molar-refractivity contribution in [1.29, 1.82) is 5.26 Å². The molecular weight excluding hydrogens is 470 g/mol. The minimum atomic E-state index is -0.402. The fourth-order valence-electron chi connectivity index (χ4n) is 3.66. The Hall–Kier alpha value is -4.09. The van der Waals surface area contributed by atoms with Gasteiger partial charge in [0.2, 0.25) is 0 Å². The molecule has 0 saturated carbocycles. The smallest absolute Gasteiger partial charge is 0.270 e. The third kappa shape index (κ3) is 6.52. The van der Waals surface area contributed by atoms with Crippen molar-refractivity contribution in [2.45, 2.75) is 47.2 Å². The number of fused-ring (bicyclic) bond motifs is 1. The van der Waals surface area contributed by atoms with Gasteiger partial charge in [-0.1, -0.05) is 39.0 Å². The molecule has 0 aliphatic rings. The number of thiophene rings is 1. The maximum Gasteiger partial charge on any atom is 0.270 e. The van der Waals surface area contributed by atoms with Crippen LogP contribution >= 0.6 is 11.3 Å². The lowest BCUT2D eigenvalue weighted by molar-refractivity contribution is 0.0944. The fraction of sp³-hybridized carbons (Fsp3) is 0.250. The van der Waals surface area contributed by atoms with Crippen molar-refractivity contribution < 1.29 is 9.59 Å². The van der Waals surface area contributed by atoms with Crippen molar-refractivity contribution in [1.82, 2.24) is 20.6 Å². The fourth-order valence-corrected chi connectivity index (χ4v) is 4.65. The zero-order chi connectivity index (χ0) is 26.1. The molecule has 2 aromatic heterocycles. The highest BCUT2D eigenvalue weighted by molar-refractivity contribution is 7.19. The van der Waals surface area contributed by atoms with Gasteiger partial charge in [-0.15, -0.1) is 11.3 Å². The number of nitrogens with zero attached hydrogens (tertiary/aromatic N) is 3. The molecule has 4 rings (SSSR count). The van der Waals surface area contributed by atoms with E-state index < -0.39 is 5.91 Å². The van der Waals surface area contributed by atoms with E-state index >= 15 is 0 Å². The van der Waals surface area contributed by atoms with Gasteiger partial charge in [0.1, 0.15) is 17.7 Å². The van der Waals surface area contributed by atoms with E-state index in [0.29, 0.717) is 18.7 Å². The first-order valence-electron chi connectivity index (χ1n) is 11.9. The Balaban J connectivity index is 0.00000176. The molecule has 7 nitrogen and oxygen atoms in total. The molecule has 2 N–H and O–H groups in total. The molecule has 0 aliphatic carbocycles. The van der Waals surface area contributed by atoms with Gasteiger partial charge in [-0.05, 0) is 59.7 Å². The Bertz CT molecular complexity index is 1420. The molecular formula is C28H29N5O2S. The van der Waals surface area contributed by atoms with Crippen LogP contribution < -0.4 is 10.6 Å². The number of hydrogen-bond donors (Lipinski definition) is 2. The zero-order valence-corrected chi connectivity index (χ0v) is 21.7. The summed E-state index contributed by atoms with van der Waals surface area (Å²) in [4.78, 5) is 34.5. The molecule has 2 aromatic carbocycles. The number of hydrogen-bond acceptors (Lipinski definition) is 6. The van der Waals surface area contributed by atoms with E-state index in [4.69, 9.17) is 5.26 Å². The number of nitrogens with one attached hydrogen (secondary N) is 2. The Morgan fingerprint density at radius 3 is 2.28 bits per heavy atom. The van der Waals surface area contributed by atoms with Crippen LogP contribution in [-0.2, 0) is 19.5 Å². The molecule has 0 saturated heterocycles. The predicted octanol–water partition coefficient (Wildman–Crippen LogP) is 5.32. The van der Waals surface area contributed by atoms with Gasteiger partial charge in [0, 0.05) is 28.7 Å². The number of aryl methyl sites for hydroxylation is 2. The molecule has 0 radical (unpaired) electrons. The first-order chi connectivity index (χ1) is 17.5. The number of nitriles is 1. The van der Waals surface area contributed by atoms with Crippen molar-refractivity contribution in [3.8, 4) is 6.07 Å². The van der Waals surface area contributed by atoms with E-state index in [2.05, 4.69) is 45.7 Å². The summed E-state index contributed by atoms with van der Waals surface area (Å²) in [6.45, 7) is 8.72. The maximum absolute atomic E-state index is 12.6. The molecule has 0 atom stereocenters. The maximum atomic E-state index is 12.6. The van der Waals surface area contributed by atoms with E-state index in [1.807, 2.05) is 45.0 Å². The summed E-state index contributed by atoms with van der Waals surface area (Å²) in [5, 5.41) is 15.9. The van der Waals surface area contributed by atoms with Gasteiger partial charge in [-0.3, -0.25) is 9.59 Å². The monoisotopic (exact) mass is 499 g/mol. The topological polar surface area (TPSA) is 108 Å². The zero-order valence-electron chi connectivity index (χ0n) is 20.9. The van der Waals surface area contributed by atoms with Gasteiger partial charge >= 0.3 is 0 Å². The first-order valence-corrected chi connectivity index (χ1v) is 12.7. The van der Waals surface area contributed by atoms with Gasteiger partial charge in [-0.25, -0.2) is 9.97 Å². The van der Waals surface area contributed by atoms with Gasteiger partial charge in [-0.2, -0.15) is 5.26 Å². The number of rotatable bonds is 7. The summed E-state index contributed by atoms with van der Waals surface area (Å²) in [6, 6.07) is 17.1. The molecule has 2 heterocycles. The van der Waals surface area contributed by atoms with Crippen LogP contribution in [0.1, 0.15) is 68.9 Å². The molecule has 0 bridgehead atoms. The van der Waals surface area contributed by atoms with E-state index in [1.165, 1.54) is 27.4 Å². The molecule has 0 fully saturated rings. The summed E-state index contributed by atoms with van der Waals surface area (Å²) in [6.07, 6.45) is 1.96. The summed E-state index contributed by atoms with van der Waals surface area (Å²) in [5.41, 5.74) is 3.74. The van der Waals surface area contributed by atoms with Crippen LogP contribution in [0.3, 0.4) is 0 Å². The van der Waals surface area contributed by atoms with E-state index in [9.17, 15) is 9.59 Å². The third-order valence-corrected chi connectivity index (χ3v) is 6.46. The molecule has 2 amide bonds. The minimum Gasteiger partial charge on any atom is -0.347 e. The Kier molecular flexibility index (Phi) is 9.25. The SMILES string of the molecule is CC.CCc1cc(C#N)ccc1CNC(=O)c1cc(C(=O)NCc2ccc3cc(C)sc3c2)ncn1. The predicted molar refractivity (Wildman–Crippen MR) is 143 cm³/mol. The summed E-state index contributed by atoms with van der Waals surface area (Å²) in [7, 11) is 0. The van der Waals surface area contributed by atoms with Gasteiger partial charge in [0.25, 0.3) is 11.8 Å². The van der Waals surface area contributed by atoms with Gasteiger partial charge in [0.05, 0.1) is 11.6 Å². The summed E-state index contributed by atoms with van der Waals surface area (Å²) < 4.78 is 1.18. The van der Waals surface area contributed by atoms with Crippen molar-refractivity contribution in [2.24, 2.45) is 0 Å². The van der Waals surface area contributed by atoms with Crippen LogP contribution in [0.25, 0.3) is 10.1 Å². The highest BCUT2D eigenvalue weighted by Crippen LogP contribution is 2.25. The highest BCUT2D eigenvalue weighted by atomic mass is 32.1. The lowest BCUT2D eigenvalue weighted by Crippen LogP contribution is -2.27. The van der Waals surface area contributed by atoms with Gasteiger partial charge in [0.15, 0.2) is 0 Å². The van der Waals surface area contributed by atoms with E-state index in [1.54, 1.807) is 17.4 Å². The third-order valence-electron chi connectivity index (χ3n) is 5.45. The van der Waals surface area contributed by atoms with Crippen LogP contribution in [0.2, 0.25) is 0 Å². The van der Waals surface area contributed by atoms with Crippen LogP contribution in [0.4, 0.5) is 0 Å². The minimum absolute atomic E-state index is 0.113. The second kappa shape index (κ2) is 12.6. The Morgan fingerprint density at radius 2 is 1.61 bits per heavy atom. The normalized spacial score (nSPS) is 10.2. The molecule has 36 heavy (non-hydrogen) atoms. The lowest BCUT2D eigenvalue weighted by atomic mass is 10.0. The van der Waals surface area contributed by atoms with Crippen molar-refractivity contribution >= 4 is 33.2 Å². The average molecular weight is 500 g/mol. The molecule has 0 unspecified atom stereocenters. The van der Waals surface area contributed by atoms with E-state index in [-0.39, 0.29) is 17.3 Å². The molecule has 0 aliphatic heterocycles. The van der Waals surface area contributed by atoms with Crippen LogP contribution in [0.5, 0.6) is 0 Å². The Labute approximate surface area is 215 Å². The quantitative estimate of drug-likeness (QED) is 0.358. The molecule has 8 heteroatoms. The van der Waals surface area contributed by atoms with Crippen molar-refractivity contribution in [2.75, 3.05) is 0 Å². The van der Waals surface area contributed by atoms with Crippen LogP contribution in [-0.4, -0.2) is 21.8 Å². The average Bonchev–Trinajstić information content (AvgIpc) is 3.30. The molecule has 184 valence electrons. The number of aromatic nitrogens is 2. The van der Waals surface area contributed by atoms with Crippen molar-refractivity contribution in [3.05, 3.63) is 93.4 Å². The Morgan fingerprint density at radius 1 is 0.917 bits per heavy atom. The summed E-state index contributed by atoms with van der Waals surface area (Å²) in [5.74, 6) is -0.777. The number of amides is 2. The molecule has 0 spiro atoms. The first kappa shape index (κ1) is 26.5. The van der Waals surface area contributed by atoms with Crippen LogP contribution in [0, 0.1) is 18.3 Å². The number of benzene rings is 2. The van der Waals surface area contributed by atoms with Crippen molar-refractivity contribution in [3.63, 3.8) is 0 Å². The summed E-state index contributed by atoms with van der Waals surface area (Å²) >= 11 is 1.72. The number of carbonyl (C=O) groups is 2. The lowest BCUT2D eigenvalue weighted by Gasteiger charge is -2.10.